The summed E-state index contributed by atoms with van der Waals surface area (Å²) in [4.78, 5) is 8.58. The van der Waals surface area contributed by atoms with E-state index in [0.29, 0.717) is 0 Å². The van der Waals surface area contributed by atoms with E-state index in [1.165, 1.54) is 0 Å². The molecule has 64 valence electrons. The van der Waals surface area contributed by atoms with E-state index in [0.717, 1.165) is 5.56 Å². The molecule has 0 radical (unpaired) electrons. The summed E-state index contributed by atoms with van der Waals surface area (Å²) in [6.45, 7) is 3.76. The molecule has 0 unspecified atom stereocenters. The first kappa shape index (κ1) is 7.92. The zero-order valence-corrected chi connectivity index (χ0v) is 7.22. The van der Waals surface area contributed by atoms with Crippen LogP contribution in [-0.4, -0.2) is 12.4 Å². The zero-order chi connectivity index (χ0) is 9.15. The molecule has 1 aromatic carbocycles. The maximum atomic E-state index is 4.29. The fourth-order valence-electron chi connectivity index (χ4n) is 1.38. The largest absolute Gasteiger partial charge is 0.253 e. The molecule has 1 aliphatic heterocycles. The van der Waals surface area contributed by atoms with E-state index >= 15 is 0 Å². The summed E-state index contributed by atoms with van der Waals surface area (Å²) in [6, 6.07) is 9.93. The lowest BCUT2D eigenvalue weighted by molar-refractivity contribution is 0.619. The lowest BCUT2D eigenvalue weighted by Gasteiger charge is -2.18. The summed E-state index contributed by atoms with van der Waals surface area (Å²) < 4.78 is 0. The van der Waals surface area contributed by atoms with Gasteiger partial charge in [0.15, 0.2) is 5.66 Å². The summed E-state index contributed by atoms with van der Waals surface area (Å²) in [6.07, 6.45) is 5.16. The Labute approximate surface area is 77.4 Å². The highest BCUT2D eigenvalue weighted by Gasteiger charge is 2.27. The van der Waals surface area contributed by atoms with Crippen LogP contribution in [-0.2, 0) is 5.66 Å². The van der Waals surface area contributed by atoms with Gasteiger partial charge in [-0.3, -0.25) is 9.98 Å². The first-order chi connectivity index (χ1) is 6.37. The Balaban J connectivity index is 2.50. The SMILES string of the molecule is C=CC1(c2ccccc2)N=CC=N1. The molecule has 2 heteroatoms. The summed E-state index contributed by atoms with van der Waals surface area (Å²) >= 11 is 0. The molecule has 2 nitrogen and oxygen atoms in total. The predicted octanol–water partition coefficient (Wildman–Crippen LogP) is 2.18. The minimum absolute atomic E-state index is 0.568. The normalized spacial score (nSPS) is 17.5. The maximum absolute atomic E-state index is 4.29. The smallest absolute Gasteiger partial charge is 0.194 e. The molecule has 1 heterocycles. The third-order valence-electron chi connectivity index (χ3n) is 2.09. The van der Waals surface area contributed by atoms with E-state index in [1.54, 1.807) is 18.5 Å². The molecule has 0 amide bonds. The Morgan fingerprint density at radius 3 is 2.23 bits per heavy atom. The van der Waals surface area contributed by atoms with Gasteiger partial charge in [-0.25, -0.2) is 0 Å². The molecule has 0 spiro atoms. The third-order valence-corrected chi connectivity index (χ3v) is 2.09. The van der Waals surface area contributed by atoms with Crippen molar-refractivity contribution in [2.24, 2.45) is 9.98 Å². The number of benzene rings is 1. The van der Waals surface area contributed by atoms with Crippen molar-refractivity contribution < 1.29 is 0 Å². The molecule has 0 saturated carbocycles. The monoisotopic (exact) mass is 170 g/mol. The van der Waals surface area contributed by atoms with Crippen molar-refractivity contribution in [1.29, 1.82) is 0 Å². The van der Waals surface area contributed by atoms with Gasteiger partial charge in [0.2, 0.25) is 0 Å². The van der Waals surface area contributed by atoms with E-state index in [4.69, 9.17) is 0 Å². The molecular formula is C11H10N2. The summed E-state index contributed by atoms with van der Waals surface area (Å²) in [7, 11) is 0. The molecule has 0 aromatic heterocycles. The standard InChI is InChI=1S/C11H10N2/c1-2-11(12-8-9-13-11)10-6-4-3-5-7-10/h2-9H,1H2. The molecule has 2 rings (SSSR count). The lowest BCUT2D eigenvalue weighted by atomic mass is 10.0. The van der Waals surface area contributed by atoms with Crippen molar-refractivity contribution in [3.63, 3.8) is 0 Å². The second kappa shape index (κ2) is 2.98. The fourth-order valence-corrected chi connectivity index (χ4v) is 1.38. The number of hydrogen-bond donors (Lipinski definition) is 0. The average Bonchev–Trinajstić information content (AvgIpc) is 2.69. The predicted molar refractivity (Wildman–Crippen MR) is 55.3 cm³/mol. The zero-order valence-electron chi connectivity index (χ0n) is 7.22. The van der Waals surface area contributed by atoms with Gasteiger partial charge >= 0.3 is 0 Å². The molecule has 0 fully saturated rings. The summed E-state index contributed by atoms with van der Waals surface area (Å²) in [5, 5.41) is 0. The van der Waals surface area contributed by atoms with Gasteiger partial charge in [0, 0.05) is 18.0 Å². The Morgan fingerprint density at radius 1 is 1.08 bits per heavy atom. The van der Waals surface area contributed by atoms with E-state index in [9.17, 15) is 0 Å². The molecule has 1 aliphatic rings. The topological polar surface area (TPSA) is 24.7 Å². The third kappa shape index (κ3) is 1.20. The van der Waals surface area contributed by atoms with Crippen LogP contribution in [0.25, 0.3) is 0 Å². The van der Waals surface area contributed by atoms with Crippen molar-refractivity contribution in [2.45, 2.75) is 5.66 Å². The highest BCUT2D eigenvalue weighted by molar-refractivity contribution is 6.17. The lowest BCUT2D eigenvalue weighted by Crippen LogP contribution is -2.14. The number of hydrogen-bond acceptors (Lipinski definition) is 2. The number of nitrogens with zero attached hydrogens (tertiary/aromatic N) is 2. The van der Waals surface area contributed by atoms with E-state index in [2.05, 4.69) is 16.6 Å². The first-order valence-electron chi connectivity index (χ1n) is 4.15. The van der Waals surface area contributed by atoms with E-state index in [-0.39, 0.29) is 0 Å². The fraction of sp³-hybridized carbons (Fsp3) is 0.0909. The Morgan fingerprint density at radius 2 is 1.69 bits per heavy atom. The molecule has 0 aliphatic carbocycles. The van der Waals surface area contributed by atoms with Gasteiger partial charge in [0.25, 0.3) is 0 Å². The Kier molecular flexibility index (Phi) is 1.81. The van der Waals surface area contributed by atoms with Crippen LogP contribution in [0.5, 0.6) is 0 Å². The van der Waals surface area contributed by atoms with Crippen LogP contribution in [0.2, 0.25) is 0 Å². The van der Waals surface area contributed by atoms with Crippen LogP contribution in [0.3, 0.4) is 0 Å². The van der Waals surface area contributed by atoms with Gasteiger partial charge in [0.05, 0.1) is 0 Å². The molecule has 0 N–H and O–H groups in total. The van der Waals surface area contributed by atoms with Crippen LogP contribution in [0, 0.1) is 0 Å². The molecule has 1 aromatic rings. The van der Waals surface area contributed by atoms with Crippen molar-refractivity contribution in [1.82, 2.24) is 0 Å². The van der Waals surface area contributed by atoms with Gasteiger partial charge < -0.3 is 0 Å². The summed E-state index contributed by atoms with van der Waals surface area (Å²) in [5.41, 5.74) is 0.483. The van der Waals surface area contributed by atoms with Crippen LogP contribution in [0.4, 0.5) is 0 Å². The van der Waals surface area contributed by atoms with Crippen LogP contribution < -0.4 is 0 Å². The summed E-state index contributed by atoms with van der Waals surface area (Å²) in [5.74, 6) is 0. The first-order valence-corrected chi connectivity index (χ1v) is 4.15. The minimum atomic E-state index is -0.568. The minimum Gasteiger partial charge on any atom is -0.253 e. The quantitative estimate of drug-likeness (QED) is 0.608. The van der Waals surface area contributed by atoms with Gasteiger partial charge in [0.1, 0.15) is 0 Å². The van der Waals surface area contributed by atoms with Crippen molar-refractivity contribution in [3.05, 3.63) is 48.6 Å². The number of rotatable bonds is 2. The molecule has 13 heavy (non-hydrogen) atoms. The van der Waals surface area contributed by atoms with E-state index < -0.39 is 5.66 Å². The molecule has 0 bridgehead atoms. The second-order valence-corrected chi connectivity index (χ2v) is 2.85. The molecular weight excluding hydrogens is 160 g/mol. The van der Waals surface area contributed by atoms with Crippen LogP contribution in [0.15, 0.2) is 53.0 Å². The Hall–Kier alpha value is -1.70. The molecule has 0 saturated heterocycles. The van der Waals surface area contributed by atoms with Gasteiger partial charge in [-0.15, -0.1) is 0 Å². The van der Waals surface area contributed by atoms with Gasteiger partial charge in [-0.1, -0.05) is 36.9 Å². The van der Waals surface area contributed by atoms with Crippen molar-refractivity contribution in [3.8, 4) is 0 Å². The van der Waals surface area contributed by atoms with Crippen LogP contribution >= 0.6 is 0 Å². The van der Waals surface area contributed by atoms with Gasteiger partial charge in [-0.05, 0) is 6.08 Å². The van der Waals surface area contributed by atoms with Crippen molar-refractivity contribution >= 4 is 12.4 Å². The van der Waals surface area contributed by atoms with E-state index in [1.807, 2.05) is 30.3 Å². The maximum Gasteiger partial charge on any atom is 0.194 e. The van der Waals surface area contributed by atoms with Crippen molar-refractivity contribution in [2.75, 3.05) is 0 Å². The second-order valence-electron chi connectivity index (χ2n) is 2.85. The molecule has 0 atom stereocenters. The highest BCUT2D eigenvalue weighted by atomic mass is 15.1. The van der Waals surface area contributed by atoms with Gasteiger partial charge in [-0.2, -0.15) is 0 Å². The van der Waals surface area contributed by atoms with Crippen LogP contribution in [0.1, 0.15) is 5.56 Å². The number of aliphatic imine (C=N–C) groups is 2. The Bertz CT molecular complexity index is 351. The highest BCUT2D eigenvalue weighted by Crippen LogP contribution is 2.29. The average molecular weight is 170 g/mol.